The van der Waals surface area contributed by atoms with Crippen LogP contribution >= 0.6 is 0 Å². The SMILES string of the molecule is COCC1=CCN(c2cccc(F)c2C#N)CC1. The van der Waals surface area contributed by atoms with Crippen LogP contribution in [0.5, 0.6) is 0 Å². The number of benzene rings is 1. The number of ether oxygens (including phenoxy) is 1. The Morgan fingerprint density at radius 1 is 1.50 bits per heavy atom. The molecule has 0 unspecified atom stereocenters. The first-order chi connectivity index (χ1) is 8.76. The summed E-state index contributed by atoms with van der Waals surface area (Å²) in [7, 11) is 1.67. The van der Waals surface area contributed by atoms with Crippen LogP contribution in [0.1, 0.15) is 12.0 Å². The monoisotopic (exact) mass is 246 g/mol. The average molecular weight is 246 g/mol. The van der Waals surface area contributed by atoms with Crippen LogP contribution < -0.4 is 4.90 Å². The van der Waals surface area contributed by atoms with Crippen LogP contribution in [0.25, 0.3) is 0 Å². The lowest BCUT2D eigenvalue weighted by atomic mass is 10.1. The normalized spacial score (nSPS) is 15.2. The Hall–Kier alpha value is -1.86. The van der Waals surface area contributed by atoms with Gasteiger partial charge in [-0.1, -0.05) is 12.1 Å². The molecule has 0 bridgehead atoms. The first kappa shape index (κ1) is 12.6. The summed E-state index contributed by atoms with van der Waals surface area (Å²) in [6.45, 7) is 2.12. The molecule has 1 aliphatic rings. The maximum absolute atomic E-state index is 13.5. The minimum atomic E-state index is -0.457. The lowest BCUT2D eigenvalue weighted by Gasteiger charge is -2.29. The number of rotatable bonds is 3. The van der Waals surface area contributed by atoms with Gasteiger partial charge in [0.05, 0.1) is 12.3 Å². The molecule has 0 amide bonds. The van der Waals surface area contributed by atoms with Crippen molar-refractivity contribution in [1.29, 1.82) is 5.26 Å². The highest BCUT2D eigenvalue weighted by molar-refractivity contribution is 5.60. The molecule has 1 heterocycles. The first-order valence-corrected chi connectivity index (χ1v) is 5.86. The number of halogens is 1. The highest BCUT2D eigenvalue weighted by Gasteiger charge is 2.17. The molecule has 0 aromatic heterocycles. The molecular formula is C14H15FN2O. The van der Waals surface area contributed by atoms with Gasteiger partial charge in [0.25, 0.3) is 0 Å². The van der Waals surface area contributed by atoms with Crippen molar-refractivity contribution >= 4 is 5.69 Å². The van der Waals surface area contributed by atoms with E-state index in [2.05, 4.69) is 6.08 Å². The molecule has 94 valence electrons. The van der Waals surface area contributed by atoms with E-state index >= 15 is 0 Å². The molecular weight excluding hydrogens is 231 g/mol. The Morgan fingerprint density at radius 2 is 2.33 bits per heavy atom. The molecule has 0 saturated carbocycles. The van der Waals surface area contributed by atoms with E-state index in [1.165, 1.54) is 11.6 Å². The molecule has 0 saturated heterocycles. The van der Waals surface area contributed by atoms with Crippen molar-refractivity contribution in [3.05, 3.63) is 41.2 Å². The molecule has 0 radical (unpaired) electrons. The van der Waals surface area contributed by atoms with Crippen molar-refractivity contribution in [2.45, 2.75) is 6.42 Å². The standard InChI is InChI=1S/C14H15FN2O/c1-18-10-11-5-7-17(8-6-11)14-4-2-3-13(15)12(14)9-16/h2-5H,6-8,10H2,1H3. The fraction of sp³-hybridized carbons (Fsp3) is 0.357. The van der Waals surface area contributed by atoms with Gasteiger partial charge in [-0.2, -0.15) is 5.26 Å². The van der Waals surface area contributed by atoms with Crippen molar-refractivity contribution in [2.24, 2.45) is 0 Å². The molecule has 1 aromatic rings. The van der Waals surface area contributed by atoms with E-state index in [-0.39, 0.29) is 5.56 Å². The van der Waals surface area contributed by atoms with E-state index in [9.17, 15) is 4.39 Å². The van der Waals surface area contributed by atoms with E-state index in [0.29, 0.717) is 18.8 Å². The molecule has 3 nitrogen and oxygen atoms in total. The zero-order valence-electron chi connectivity index (χ0n) is 10.3. The molecule has 18 heavy (non-hydrogen) atoms. The second-order valence-corrected chi connectivity index (χ2v) is 4.24. The van der Waals surface area contributed by atoms with Gasteiger partial charge in [0.2, 0.25) is 0 Å². The van der Waals surface area contributed by atoms with Crippen LogP contribution in [0.2, 0.25) is 0 Å². The van der Waals surface area contributed by atoms with Crippen LogP contribution in [0.15, 0.2) is 29.8 Å². The Bertz CT molecular complexity index is 505. The molecule has 0 fully saturated rings. The summed E-state index contributed by atoms with van der Waals surface area (Å²) in [6, 6.07) is 6.68. The van der Waals surface area contributed by atoms with E-state index in [4.69, 9.17) is 10.00 Å². The highest BCUT2D eigenvalue weighted by Crippen LogP contribution is 2.25. The summed E-state index contributed by atoms with van der Waals surface area (Å²) in [4.78, 5) is 2.01. The quantitative estimate of drug-likeness (QED) is 0.769. The largest absolute Gasteiger partial charge is 0.380 e. The van der Waals surface area contributed by atoms with Crippen molar-refractivity contribution in [3.63, 3.8) is 0 Å². The van der Waals surface area contributed by atoms with Gasteiger partial charge in [-0.05, 0) is 24.1 Å². The molecule has 4 heteroatoms. The van der Waals surface area contributed by atoms with E-state index in [1.807, 2.05) is 11.0 Å². The maximum Gasteiger partial charge on any atom is 0.143 e. The van der Waals surface area contributed by atoms with Gasteiger partial charge < -0.3 is 9.64 Å². The van der Waals surface area contributed by atoms with Gasteiger partial charge in [-0.25, -0.2) is 4.39 Å². The van der Waals surface area contributed by atoms with Gasteiger partial charge in [0, 0.05) is 20.2 Å². The lowest BCUT2D eigenvalue weighted by molar-refractivity contribution is 0.222. The summed E-state index contributed by atoms with van der Waals surface area (Å²) in [5.74, 6) is -0.457. The summed E-state index contributed by atoms with van der Waals surface area (Å²) in [6.07, 6.45) is 2.97. The molecule has 0 spiro atoms. The fourth-order valence-corrected chi connectivity index (χ4v) is 2.13. The summed E-state index contributed by atoms with van der Waals surface area (Å²) >= 11 is 0. The Balaban J connectivity index is 2.20. The minimum Gasteiger partial charge on any atom is -0.380 e. The van der Waals surface area contributed by atoms with Crippen molar-refractivity contribution in [2.75, 3.05) is 31.7 Å². The van der Waals surface area contributed by atoms with Gasteiger partial charge in [0.15, 0.2) is 0 Å². The number of anilines is 1. The van der Waals surface area contributed by atoms with Crippen LogP contribution in [-0.4, -0.2) is 26.8 Å². The molecule has 1 aromatic carbocycles. The van der Waals surface area contributed by atoms with Gasteiger partial charge in [-0.15, -0.1) is 0 Å². The number of nitrogens with zero attached hydrogens (tertiary/aromatic N) is 2. The second kappa shape index (κ2) is 5.65. The molecule has 0 aliphatic carbocycles. The smallest absolute Gasteiger partial charge is 0.143 e. The Morgan fingerprint density at radius 3 is 2.94 bits per heavy atom. The maximum atomic E-state index is 13.5. The van der Waals surface area contributed by atoms with Gasteiger partial charge in [0.1, 0.15) is 17.4 Å². The minimum absolute atomic E-state index is 0.126. The third kappa shape index (κ3) is 2.52. The molecule has 0 N–H and O–H groups in total. The van der Waals surface area contributed by atoms with Gasteiger partial charge >= 0.3 is 0 Å². The zero-order valence-corrected chi connectivity index (χ0v) is 10.3. The zero-order chi connectivity index (χ0) is 13.0. The summed E-state index contributed by atoms with van der Waals surface area (Å²) in [5.41, 5.74) is 2.05. The fourth-order valence-electron chi connectivity index (χ4n) is 2.13. The van der Waals surface area contributed by atoms with Crippen LogP contribution in [0, 0.1) is 17.1 Å². The highest BCUT2D eigenvalue weighted by atomic mass is 19.1. The molecule has 1 aliphatic heterocycles. The van der Waals surface area contributed by atoms with E-state index < -0.39 is 5.82 Å². The summed E-state index contributed by atoms with van der Waals surface area (Å²) < 4.78 is 18.6. The first-order valence-electron chi connectivity index (χ1n) is 5.86. The number of nitriles is 1. The van der Waals surface area contributed by atoms with Crippen LogP contribution in [-0.2, 0) is 4.74 Å². The molecule has 0 atom stereocenters. The van der Waals surface area contributed by atoms with E-state index in [0.717, 1.165) is 13.0 Å². The van der Waals surface area contributed by atoms with Crippen molar-refractivity contribution in [1.82, 2.24) is 0 Å². The second-order valence-electron chi connectivity index (χ2n) is 4.24. The van der Waals surface area contributed by atoms with Crippen LogP contribution in [0.3, 0.4) is 0 Å². The Kier molecular flexibility index (Phi) is 3.96. The van der Waals surface area contributed by atoms with Crippen molar-refractivity contribution in [3.8, 4) is 6.07 Å². The predicted octanol–water partition coefficient (Wildman–Crippen LogP) is 2.48. The number of methoxy groups -OCH3 is 1. The van der Waals surface area contributed by atoms with Crippen LogP contribution in [0.4, 0.5) is 10.1 Å². The van der Waals surface area contributed by atoms with E-state index in [1.54, 1.807) is 19.2 Å². The third-order valence-electron chi connectivity index (χ3n) is 3.08. The average Bonchev–Trinajstić information content (AvgIpc) is 2.40. The topological polar surface area (TPSA) is 36.3 Å². The third-order valence-corrected chi connectivity index (χ3v) is 3.08. The number of hydrogen-bond donors (Lipinski definition) is 0. The number of hydrogen-bond acceptors (Lipinski definition) is 3. The summed E-state index contributed by atoms with van der Waals surface area (Å²) in [5, 5.41) is 9.01. The molecule has 2 rings (SSSR count). The van der Waals surface area contributed by atoms with Crippen molar-refractivity contribution < 1.29 is 9.13 Å². The Labute approximate surface area is 106 Å². The predicted molar refractivity (Wildman–Crippen MR) is 67.9 cm³/mol. The lowest BCUT2D eigenvalue weighted by Crippen LogP contribution is -2.30. The van der Waals surface area contributed by atoms with Gasteiger partial charge in [-0.3, -0.25) is 0 Å².